The third kappa shape index (κ3) is 3.74. The van der Waals surface area contributed by atoms with E-state index in [1.807, 2.05) is 0 Å². The van der Waals surface area contributed by atoms with Gasteiger partial charge in [0.25, 0.3) is 0 Å². The first kappa shape index (κ1) is 16.5. The fraction of sp³-hybridized carbons (Fsp3) is 0.182. The molecule has 0 aliphatic rings. The Morgan fingerprint density at radius 3 is 2.48 bits per heavy atom. The molecule has 0 atom stereocenters. The van der Waals surface area contributed by atoms with Crippen LogP contribution >= 0.6 is 0 Å². The van der Waals surface area contributed by atoms with Crippen LogP contribution in [0.1, 0.15) is 5.56 Å². The minimum Gasteiger partial charge on any atom is -0.480 e. The van der Waals surface area contributed by atoms with Crippen molar-refractivity contribution in [2.24, 2.45) is 5.73 Å². The molecule has 0 unspecified atom stereocenters. The number of amides is 1. The van der Waals surface area contributed by atoms with E-state index < -0.39 is 51.3 Å². The molecule has 0 heterocycles. The standard InChI is InChI=1S/C11H10FN3O5S/c12-8-2-1-3-9(7(8)4-13)21(19,20)15(5-10(14)16)6-11(17)18/h1-3H,5-6H2,(H2,14,16)(H,17,18). The fourth-order valence-corrected chi connectivity index (χ4v) is 3.02. The highest BCUT2D eigenvalue weighted by Crippen LogP contribution is 2.21. The molecular formula is C11H10FN3O5S. The molecule has 0 aliphatic carbocycles. The molecule has 0 saturated carbocycles. The van der Waals surface area contributed by atoms with E-state index in [1.54, 1.807) is 0 Å². The molecule has 1 rings (SSSR count). The molecule has 112 valence electrons. The van der Waals surface area contributed by atoms with Gasteiger partial charge in [0.05, 0.1) is 6.54 Å². The van der Waals surface area contributed by atoms with Crippen LogP contribution in [0.25, 0.3) is 0 Å². The predicted octanol–water partition coefficient (Wildman–Crippen LogP) is -0.742. The topological polar surface area (TPSA) is 142 Å². The maximum absolute atomic E-state index is 13.5. The second kappa shape index (κ2) is 6.29. The van der Waals surface area contributed by atoms with Gasteiger partial charge >= 0.3 is 5.97 Å². The fourth-order valence-electron chi connectivity index (χ4n) is 1.52. The summed E-state index contributed by atoms with van der Waals surface area (Å²) in [5, 5.41) is 17.5. The van der Waals surface area contributed by atoms with Gasteiger partial charge in [-0.05, 0) is 12.1 Å². The Labute approximate surface area is 119 Å². The molecule has 21 heavy (non-hydrogen) atoms. The van der Waals surface area contributed by atoms with Gasteiger partial charge in [-0.2, -0.15) is 9.57 Å². The smallest absolute Gasteiger partial charge is 0.318 e. The normalized spacial score (nSPS) is 11.1. The molecule has 0 radical (unpaired) electrons. The van der Waals surface area contributed by atoms with Crippen molar-refractivity contribution >= 4 is 21.9 Å². The van der Waals surface area contributed by atoms with Crippen LogP contribution in [-0.4, -0.2) is 42.8 Å². The highest BCUT2D eigenvalue weighted by molar-refractivity contribution is 7.89. The van der Waals surface area contributed by atoms with Crippen molar-refractivity contribution in [1.82, 2.24) is 4.31 Å². The number of nitrogens with two attached hydrogens (primary N) is 1. The van der Waals surface area contributed by atoms with Gasteiger partial charge in [0.1, 0.15) is 28.9 Å². The molecule has 0 aliphatic heterocycles. The first-order valence-corrected chi connectivity index (χ1v) is 6.83. The summed E-state index contributed by atoms with van der Waals surface area (Å²) in [5.74, 6) is -3.70. The lowest BCUT2D eigenvalue weighted by Crippen LogP contribution is -2.41. The Morgan fingerprint density at radius 1 is 1.38 bits per heavy atom. The van der Waals surface area contributed by atoms with Crippen LogP contribution in [0.3, 0.4) is 0 Å². The van der Waals surface area contributed by atoms with E-state index in [1.165, 1.54) is 6.07 Å². The van der Waals surface area contributed by atoms with Gasteiger partial charge in [0.2, 0.25) is 15.9 Å². The van der Waals surface area contributed by atoms with E-state index >= 15 is 0 Å². The molecule has 8 nitrogen and oxygen atoms in total. The van der Waals surface area contributed by atoms with Crippen LogP contribution in [-0.2, 0) is 19.6 Å². The number of carbonyl (C=O) groups excluding carboxylic acids is 1. The molecule has 3 N–H and O–H groups in total. The van der Waals surface area contributed by atoms with E-state index in [9.17, 15) is 22.4 Å². The number of rotatable bonds is 6. The van der Waals surface area contributed by atoms with Crippen molar-refractivity contribution in [2.75, 3.05) is 13.1 Å². The van der Waals surface area contributed by atoms with Gasteiger partial charge in [-0.3, -0.25) is 9.59 Å². The number of halogens is 1. The largest absolute Gasteiger partial charge is 0.480 e. The number of hydrogen-bond acceptors (Lipinski definition) is 5. The zero-order valence-corrected chi connectivity index (χ0v) is 11.3. The van der Waals surface area contributed by atoms with Gasteiger partial charge in [0, 0.05) is 0 Å². The maximum atomic E-state index is 13.5. The lowest BCUT2D eigenvalue weighted by Gasteiger charge is -2.19. The van der Waals surface area contributed by atoms with Crippen molar-refractivity contribution in [3.05, 3.63) is 29.6 Å². The predicted molar refractivity (Wildman–Crippen MR) is 66.7 cm³/mol. The van der Waals surface area contributed by atoms with Gasteiger partial charge in [-0.25, -0.2) is 12.8 Å². The summed E-state index contributed by atoms with van der Waals surface area (Å²) in [5.41, 5.74) is 4.10. The van der Waals surface area contributed by atoms with Crippen LogP contribution < -0.4 is 5.73 Å². The lowest BCUT2D eigenvalue weighted by atomic mass is 10.2. The van der Waals surface area contributed by atoms with Crippen LogP contribution in [0.2, 0.25) is 0 Å². The number of carboxylic acid groups (broad SMARTS) is 1. The summed E-state index contributed by atoms with van der Waals surface area (Å²) in [6.07, 6.45) is 0. The summed E-state index contributed by atoms with van der Waals surface area (Å²) in [6, 6.07) is 4.25. The number of carbonyl (C=O) groups is 2. The van der Waals surface area contributed by atoms with Crippen molar-refractivity contribution in [3.8, 4) is 6.07 Å². The van der Waals surface area contributed by atoms with Crippen LogP contribution in [0.5, 0.6) is 0 Å². The molecule has 0 spiro atoms. The Morgan fingerprint density at radius 2 is 2.00 bits per heavy atom. The summed E-state index contributed by atoms with van der Waals surface area (Å²) >= 11 is 0. The average molecular weight is 315 g/mol. The van der Waals surface area contributed by atoms with Crippen molar-refractivity contribution in [2.45, 2.75) is 4.90 Å². The molecule has 1 aromatic carbocycles. The first-order chi connectivity index (χ1) is 9.70. The number of aliphatic carboxylic acids is 1. The quantitative estimate of drug-likeness (QED) is 0.708. The van der Waals surface area contributed by atoms with Crippen molar-refractivity contribution < 1.29 is 27.5 Å². The van der Waals surface area contributed by atoms with Gasteiger partial charge in [-0.15, -0.1) is 0 Å². The molecule has 0 aromatic heterocycles. The first-order valence-electron chi connectivity index (χ1n) is 5.39. The van der Waals surface area contributed by atoms with Crippen molar-refractivity contribution in [3.63, 3.8) is 0 Å². The third-order valence-corrected chi connectivity index (χ3v) is 4.18. The summed E-state index contributed by atoms with van der Waals surface area (Å²) < 4.78 is 38.3. The molecule has 0 bridgehead atoms. The maximum Gasteiger partial charge on any atom is 0.318 e. The van der Waals surface area contributed by atoms with Crippen LogP contribution in [0, 0.1) is 17.1 Å². The van der Waals surface area contributed by atoms with Crippen LogP contribution in [0.4, 0.5) is 4.39 Å². The summed E-state index contributed by atoms with van der Waals surface area (Å²) in [6.45, 7) is -1.96. The molecular weight excluding hydrogens is 305 g/mol. The van der Waals surface area contributed by atoms with E-state index in [0.29, 0.717) is 0 Å². The molecule has 0 fully saturated rings. The second-order valence-electron chi connectivity index (χ2n) is 3.86. The number of benzene rings is 1. The third-order valence-electron chi connectivity index (χ3n) is 2.35. The zero-order chi connectivity index (χ0) is 16.2. The Bertz CT molecular complexity index is 710. The molecule has 1 aromatic rings. The number of hydrogen-bond donors (Lipinski definition) is 2. The van der Waals surface area contributed by atoms with Gasteiger partial charge in [-0.1, -0.05) is 6.07 Å². The van der Waals surface area contributed by atoms with E-state index in [4.69, 9.17) is 16.1 Å². The van der Waals surface area contributed by atoms with Crippen molar-refractivity contribution in [1.29, 1.82) is 5.26 Å². The Balaban J connectivity index is 3.42. The minimum absolute atomic E-state index is 0.257. The van der Waals surface area contributed by atoms with E-state index in [2.05, 4.69) is 0 Å². The zero-order valence-electron chi connectivity index (χ0n) is 10.5. The highest BCUT2D eigenvalue weighted by atomic mass is 32.2. The van der Waals surface area contributed by atoms with E-state index in [-0.39, 0.29) is 4.31 Å². The van der Waals surface area contributed by atoms with Gasteiger partial charge < -0.3 is 10.8 Å². The minimum atomic E-state index is -4.57. The lowest BCUT2D eigenvalue weighted by molar-refractivity contribution is -0.137. The number of primary amides is 1. The number of nitrogens with zero attached hydrogens (tertiary/aromatic N) is 2. The number of nitriles is 1. The summed E-state index contributed by atoms with van der Waals surface area (Å²) in [7, 11) is -4.57. The highest BCUT2D eigenvalue weighted by Gasteiger charge is 2.31. The Kier molecular flexibility index (Phi) is 4.96. The number of sulfonamides is 1. The van der Waals surface area contributed by atoms with Crippen LogP contribution in [0.15, 0.2) is 23.1 Å². The molecule has 0 saturated heterocycles. The van der Waals surface area contributed by atoms with E-state index in [0.717, 1.165) is 18.2 Å². The van der Waals surface area contributed by atoms with Gasteiger partial charge in [0.15, 0.2) is 0 Å². The SMILES string of the molecule is N#Cc1c(F)cccc1S(=O)(=O)N(CC(N)=O)CC(=O)O. The molecule has 10 heteroatoms. The summed E-state index contributed by atoms with van der Waals surface area (Å²) in [4.78, 5) is 20.8. The number of carboxylic acids is 1. The second-order valence-corrected chi connectivity index (χ2v) is 5.76. The Hall–Kier alpha value is -2.51. The monoisotopic (exact) mass is 315 g/mol. The average Bonchev–Trinajstić information content (AvgIpc) is 2.36. The molecule has 1 amide bonds.